The van der Waals surface area contributed by atoms with Gasteiger partial charge in [0.15, 0.2) is 0 Å². The van der Waals surface area contributed by atoms with E-state index in [2.05, 4.69) is 15.9 Å². The zero-order valence-electron chi connectivity index (χ0n) is 11.2. The van der Waals surface area contributed by atoms with E-state index in [9.17, 15) is 4.79 Å². The van der Waals surface area contributed by atoms with Crippen LogP contribution in [0.25, 0.3) is 0 Å². The van der Waals surface area contributed by atoms with E-state index in [0.29, 0.717) is 36.4 Å². The normalized spacial score (nSPS) is 19.3. The second kappa shape index (κ2) is 6.39. The van der Waals surface area contributed by atoms with E-state index in [4.69, 9.17) is 9.47 Å². The standard InChI is InChI=1S/C14H18BrNO3/c1-10-3-4-13(18-2)12(7-10)14(17)16-5-6-19-9-11(16)8-15/h3-4,7,11H,5-6,8-9H2,1-2H3. The lowest BCUT2D eigenvalue weighted by Crippen LogP contribution is -2.49. The highest BCUT2D eigenvalue weighted by atomic mass is 79.9. The van der Waals surface area contributed by atoms with Gasteiger partial charge < -0.3 is 14.4 Å². The van der Waals surface area contributed by atoms with Crippen molar-refractivity contribution in [2.24, 2.45) is 0 Å². The number of halogens is 1. The second-order valence-corrected chi connectivity index (χ2v) is 5.23. The third-order valence-corrected chi connectivity index (χ3v) is 4.00. The highest BCUT2D eigenvalue weighted by Crippen LogP contribution is 2.23. The zero-order chi connectivity index (χ0) is 13.8. The largest absolute Gasteiger partial charge is 0.496 e. The number of hydrogen-bond acceptors (Lipinski definition) is 3. The average Bonchev–Trinajstić information content (AvgIpc) is 2.46. The summed E-state index contributed by atoms with van der Waals surface area (Å²) in [5, 5.41) is 0.715. The number of carbonyl (C=O) groups excluding carboxylic acids is 1. The number of ether oxygens (including phenoxy) is 2. The number of benzene rings is 1. The minimum Gasteiger partial charge on any atom is -0.496 e. The minimum atomic E-state index is 0.00769. The smallest absolute Gasteiger partial charge is 0.258 e. The van der Waals surface area contributed by atoms with E-state index < -0.39 is 0 Å². The average molecular weight is 328 g/mol. The second-order valence-electron chi connectivity index (χ2n) is 4.59. The molecule has 1 saturated heterocycles. The lowest BCUT2D eigenvalue weighted by atomic mass is 10.1. The fourth-order valence-corrected chi connectivity index (χ4v) is 2.73. The number of alkyl halides is 1. The molecular formula is C14H18BrNO3. The highest BCUT2D eigenvalue weighted by molar-refractivity contribution is 9.09. The van der Waals surface area contributed by atoms with Crippen LogP contribution >= 0.6 is 15.9 Å². The number of methoxy groups -OCH3 is 1. The van der Waals surface area contributed by atoms with Crippen molar-refractivity contribution >= 4 is 21.8 Å². The molecule has 0 bridgehead atoms. The van der Waals surface area contributed by atoms with Gasteiger partial charge in [-0.15, -0.1) is 0 Å². The molecule has 19 heavy (non-hydrogen) atoms. The number of aryl methyl sites for hydroxylation is 1. The van der Waals surface area contributed by atoms with Crippen molar-refractivity contribution in [1.82, 2.24) is 4.90 Å². The molecule has 0 saturated carbocycles. The maximum atomic E-state index is 12.7. The molecular weight excluding hydrogens is 310 g/mol. The molecule has 0 N–H and O–H groups in total. The first-order valence-electron chi connectivity index (χ1n) is 6.26. The molecule has 0 aliphatic carbocycles. The van der Waals surface area contributed by atoms with E-state index in [1.807, 2.05) is 30.0 Å². The Bertz CT molecular complexity index is 464. The number of rotatable bonds is 3. The summed E-state index contributed by atoms with van der Waals surface area (Å²) in [6.07, 6.45) is 0. The molecule has 1 heterocycles. The maximum Gasteiger partial charge on any atom is 0.258 e. The Morgan fingerprint density at radius 2 is 2.37 bits per heavy atom. The summed E-state index contributed by atoms with van der Waals surface area (Å²) >= 11 is 3.44. The molecule has 1 fully saturated rings. The molecule has 0 spiro atoms. The Hall–Kier alpha value is -1.07. The lowest BCUT2D eigenvalue weighted by molar-refractivity contribution is 0.00509. The quantitative estimate of drug-likeness (QED) is 0.799. The molecule has 4 nitrogen and oxygen atoms in total. The molecule has 1 aliphatic rings. The van der Waals surface area contributed by atoms with E-state index in [0.717, 1.165) is 5.56 Å². The third kappa shape index (κ3) is 3.09. The van der Waals surface area contributed by atoms with Crippen LogP contribution in [0.5, 0.6) is 5.75 Å². The molecule has 1 aliphatic heterocycles. The summed E-state index contributed by atoms with van der Waals surface area (Å²) in [7, 11) is 1.59. The molecule has 1 aromatic rings. The predicted molar refractivity (Wildman–Crippen MR) is 77.2 cm³/mol. The number of nitrogens with zero attached hydrogens (tertiary/aromatic N) is 1. The van der Waals surface area contributed by atoms with Gasteiger partial charge in [-0.3, -0.25) is 4.79 Å². The van der Waals surface area contributed by atoms with Crippen molar-refractivity contribution in [1.29, 1.82) is 0 Å². The first-order chi connectivity index (χ1) is 9.17. The van der Waals surface area contributed by atoms with Crippen LogP contribution in [0.15, 0.2) is 18.2 Å². The van der Waals surface area contributed by atoms with Gasteiger partial charge in [-0.05, 0) is 19.1 Å². The highest BCUT2D eigenvalue weighted by Gasteiger charge is 2.28. The van der Waals surface area contributed by atoms with Crippen LogP contribution < -0.4 is 4.74 Å². The molecule has 104 valence electrons. The Labute approximate surface area is 121 Å². The summed E-state index contributed by atoms with van der Waals surface area (Å²) in [6.45, 7) is 3.75. The van der Waals surface area contributed by atoms with Gasteiger partial charge in [0.25, 0.3) is 5.91 Å². The van der Waals surface area contributed by atoms with E-state index in [-0.39, 0.29) is 11.9 Å². The van der Waals surface area contributed by atoms with Crippen molar-refractivity contribution in [3.05, 3.63) is 29.3 Å². The fourth-order valence-electron chi connectivity index (χ4n) is 2.19. The Morgan fingerprint density at radius 1 is 1.58 bits per heavy atom. The number of hydrogen-bond donors (Lipinski definition) is 0. The Kier molecular flexibility index (Phi) is 4.82. The van der Waals surface area contributed by atoms with E-state index in [1.54, 1.807) is 7.11 Å². The number of morpholine rings is 1. The van der Waals surface area contributed by atoms with E-state index in [1.165, 1.54) is 0 Å². The minimum absolute atomic E-state index is 0.00769. The molecule has 0 radical (unpaired) electrons. The summed E-state index contributed by atoms with van der Waals surface area (Å²) in [5.74, 6) is 0.628. The van der Waals surface area contributed by atoms with Crippen LogP contribution in [-0.2, 0) is 4.74 Å². The molecule has 1 amide bonds. The molecule has 1 atom stereocenters. The Morgan fingerprint density at radius 3 is 3.05 bits per heavy atom. The monoisotopic (exact) mass is 327 g/mol. The van der Waals surface area contributed by atoms with Gasteiger partial charge in [0.2, 0.25) is 0 Å². The summed E-state index contributed by atoms with van der Waals surface area (Å²) in [4.78, 5) is 14.5. The van der Waals surface area contributed by atoms with Gasteiger partial charge in [-0.1, -0.05) is 27.6 Å². The molecule has 5 heteroatoms. The van der Waals surface area contributed by atoms with Crippen LogP contribution in [0.3, 0.4) is 0 Å². The van der Waals surface area contributed by atoms with Crippen molar-refractivity contribution in [3.63, 3.8) is 0 Å². The van der Waals surface area contributed by atoms with Gasteiger partial charge in [0.1, 0.15) is 5.75 Å². The van der Waals surface area contributed by atoms with E-state index >= 15 is 0 Å². The van der Waals surface area contributed by atoms with Crippen molar-refractivity contribution in [2.75, 3.05) is 32.2 Å². The van der Waals surface area contributed by atoms with Gasteiger partial charge in [0, 0.05) is 11.9 Å². The van der Waals surface area contributed by atoms with Crippen molar-refractivity contribution in [2.45, 2.75) is 13.0 Å². The first-order valence-corrected chi connectivity index (χ1v) is 7.39. The molecule has 1 unspecified atom stereocenters. The molecule has 0 aromatic heterocycles. The molecule has 1 aromatic carbocycles. The lowest BCUT2D eigenvalue weighted by Gasteiger charge is -2.35. The van der Waals surface area contributed by atoms with Gasteiger partial charge in [-0.2, -0.15) is 0 Å². The van der Waals surface area contributed by atoms with Crippen LogP contribution in [0.1, 0.15) is 15.9 Å². The Balaban J connectivity index is 2.29. The predicted octanol–water partition coefficient (Wildman–Crippen LogP) is 2.24. The topological polar surface area (TPSA) is 38.8 Å². The zero-order valence-corrected chi connectivity index (χ0v) is 12.8. The summed E-state index contributed by atoms with van der Waals surface area (Å²) in [6, 6.07) is 5.73. The number of amides is 1. The number of carbonyl (C=O) groups is 1. The van der Waals surface area contributed by atoms with Crippen LogP contribution in [0.4, 0.5) is 0 Å². The SMILES string of the molecule is COc1ccc(C)cc1C(=O)N1CCOCC1CBr. The van der Waals surface area contributed by atoms with Gasteiger partial charge in [0.05, 0.1) is 31.9 Å². The fraction of sp³-hybridized carbons (Fsp3) is 0.500. The maximum absolute atomic E-state index is 12.7. The van der Waals surface area contributed by atoms with Crippen LogP contribution in [0.2, 0.25) is 0 Å². The van der Waals surface area contributed by atoms with Crippen LogP contribution in [0, 0.1) is 6.92 Å². The first kappa shape index (κ1) is 14.3. The van der Waals surface area contributed by atoms with Crippen molar-refractivity contribution < 1.29 is 14.3 Å². The molecule has 2 rings (SSSR count). The third-order valence-electron chi connectivity index (χ3n) is 3.25. The van der Waals surface area contributed by atoms with Gasteiger partial charge >= 0.3 is 0 Å². The summed E-state index contributed by atoms with van der Waals surface area (Å²) in [5.41, 5.74) is 1.67. The van der Waals surface area contributed by atoms with Crippen molar-refractivity contribution in [3.8, 4) is 5.75 Å². The van der Waals surface area contributed by atoms with Gasteiger partial charge in [-0.25, -0.2) is 0 Å². The summed E-state index contributed by atoms with van der Waals surface area (Å²) < 4.78 is 10.7. The van der Waals surface area contributed by atoms with Crippen LogP contribution in [-0.4, -0.2) is 49.0 Å².